The number of amides is 1. The zero-order valence-electron chi connectivity index (χ0n) is 13.6. The van der Waals surface area contributed by atoms with Crippen molar-refractivity contribution in [2.45, 2.75) is 26.7 Å². The maximum Gasteiger partial charge on any atom is 0.267 e. The van der Waals surface area contributed by atoms with Gasteiger partial charge in [0.05, 0.1) is 6.61 Å². The summed E-state index contributed by atoms with van der Waals surface area (Å²) in [6.07, 6.45) is 1.44. The highest BCUT2D eigenvalue weighted by atomic mass is 16.3. The topological polar surface area (TPSA) is 76.4 Å². The van der Waals surface area contributed by atoms with Gasteiger partial charge in [0.2, 0.25) is 0 Å². The maximum atomic E-state index is 12.3. The van der Waals surface area contributed by atoms with Gasteiger partial charge in [0, 0.05) is 25.5 Å². The van der Waals surface area contributed by atoms with Crippen molar-refractivity contribution in [1.82, 2.24) is 4.90 Å². The molecular formula is C17H23N3O2. The lowest BCUT2D eigenvalue weighted by atomic mass is 9.98. The number of aliphatic hydroxyl groups is 1. The summed E-state index contributed by atoms with van der Waals surface area (Å²) in [5, 5.41) is 20.9. The molecule has 0 radical (unpaired) electrons. The van der Waals surface area contributed by atoms with Crippen LogP contribution in [0, 0.1) is 18.3 Å². The lowest BCUT2D eigenvalue weighted by Crippen LogP contribution is -2.21. The zero-order chi connectivity index (χ0) is 16.7. The molecule has 0 aliphatic carbocycles. The van der Waals surface area contributed by atoms with E-state index >= 15 is 0 Å². The Hall–Kier alpha value is -2.32. The normalized spacial score (nSPS) is 11.2. The highest BCUT2D eigenvalue weighted by Crippen LogP contribution is 2.27. The van der Waals surface area contributed by atoms with Crippen molar-refractivity contribution in [2.75, 3.05) is 25.5 Å². The van der Waals surface area contributed by atoms with E-state index in [0.717, 1.165) is 16.8 Å². The largest absolute Gasteiger partial charge is 0.395 e. The first-order valence-electron chi connectivity index (χ1n) is 7.24. The van der Waals surface area contributed by atoms with Crippen LogP contribution in [0.2, 0.25) is 0 Å². The van der Waals surface area contributed by atoms with Gasteiger partial charge in [-0.05, 0) is 24.0 Å². The van der Waals surface area contributed by atoms with E-state index in [0.29, 0.717) is 6.54 Å². The summed E-state index contributed by atoms with van der Waals surface area (Å²) in [6, 6.07) is 7.76. The summed E-state index contributed by atoms with van der Waals surface area (Å²) in [5.74, 6) is -0.176. The van der Waals surface area contributed by atoms with Crippen LogP contribution in [-0.4, -0.2) is 36.1 Å². The molecule has 0 saturated carbocycles. The van der Waals surface area contributed by atoms with Crippen molar-refractivity contribution in [3.8, 4) is 6.07 Å². The molecule has 5 nitrogen and oxygen atoms in total. The number of nitrogens with zero attached hydrogens (tertiary/aromatic N) is 2. The van der Waals surface area contributed by atoms with Crippen LogP contribution in [0.25, 0.3) is 0 Å². The summed E-state index contributed by atoms with van der Waals surface area (Å²) in [4.78, 5) is 13.9. The first-order valence-corrected chi connectivity index (χ1v) is 7.24. The number of nitriles is 1. The smallest absolute Gasteiger partial charge is 0.267 e. The Morgan fingerprint density at radius 1 is 1.50 bits per heavy atom. The summed E-state index contributed by atoms with van der Waals surface area (Å²) >= 11 is 0. The van der Waals surface area contributed by atoms with Gasteiger partial charge in [0.1, 0.15) is 11.6 Å². The van der Waals surface area contributed by atoms with Crippen LogP contribution in [0.5, 0.6) is 0 Å². The molecule has 1 rings (SSSR count). The van der Waals surface area contributed by atoms with E-state index < -0.39 is 5.91 Å². The molecule has 2 N–H and O–H groups in total. The molecular weight excluding hydrogens is 278 g/mol. The first-order chi connectivity index (χ1) is 10.4. The standard InChI is InChI=1S/C17H23N3O2/c1-12(2)15-7-5-6-13(3)16(15)19-17(22)14(10-18)11-20(4)8-9-21/h5-7,11-12,21H,8-9H2,1-4H3,(H,19,22)/b14-11-. The third-order valence-corrected chi connectivity index (χ3v) is 3.33. The molecule has 118 valence electrons. The van der Waals surface area contributed by atoms with E-state index in [-0.39, 0.29) is 18.1 Å². The number of nitrogens with one attached hydrogen (secondary N) is 1. The van der Waals surface area contributed by atoms with E-state index in [4.69, 9.17) is 5.11 Å². The second-order valence-electron chi connectivity index (χ2n) is 5.51. The Bertz CT molecular complexity index is 600. The van der Waals surface area contributed by atoms with Gasteiger partial charge in [0.15, 0.2) is 0 Å². The third-order valence-electron chi connectivity index (χ3n) is 3.33. The highest BCUT2D eigenvalue weighted by Gasteiger charge is 2.15. The molecule has 0 bridgehead atoms. The van der Waals surface area contributed by atoms with E-state index in [9.17, 15) is 10.1 Å². The molecule has 0 heterocycles. The fourth-order valence-electron chi connectivity index (χ4n) is 2.10. The van der Waals surface area contributed by atoms with Crippen molar-refractivity contribution in [2.24, 2.45) is 0 Å². The van der Waals surface area contributed by atoms with Crippen molar-refractivity contribution in [3.63, 3.8) is 0 Å². The fraction of sp³-hybridized carbons (Fsp3) is 0.412. The van der Waals surface area contributed by atoms with Crippen LogP contribution in [0.4, 0.5) is 5.69 Å². The third kappa shape index (κ3) is 4.61. The number of rotatable bonds is 6. The molecule has 1 amide bonds. The van der Waals surface area contributed by atoms with Crippen molar-refractivity contribution in [1.29, 1.82) is 5.26 Å². The average Bonchev–Trinajstić information content (AvgIpc) is 2.46. The van der Waals surface area contributed by atoms with Crippen LogP contribution in [0.1, 0.15) is 30.9 Å². The molecule has 1 aromatic rings. The van der Waals surface area contributed by atoms with Gasteiger partial charge < -0.3 is 15.3 Å². The fourth-order valence-corrected chi connectivity index (χ4v) is 2.10. The van der Waals surface area contributed by atoms with Crippen molar-refractivity contribution < 1.29 is 9.90 Å². The number of hydrogen-bond acceptors (Lipinski definition) is 4. The number of aliphatic hydroxyl groups excluding tert-OH is 1. The molecule has 0 spiro atoms. The summed E-state index contributed by atoms with van der Waals surface area (Å²) in [7, 11) is 1.70. The van der Waals surface area contributed by atoms with E-state index in [1.54, 1.807) is 11.9 Å². The number of benzene rings is 1. The van der Waals surface area contributed by atoms with Gasteiger partial charge in [-0.1, -0.05) is 32.0 Å². The van der Waals surface area contributed by atoms with Crippen LogP contribution in [0.15, 0.2) is 30.0 Å². The zero-order valence-corrected chi connectivity index (χ0v) is 13.6. The molecule has 5 heteroatoms. The van der Waals surface area contributed by atoms with Crippen LogP contribution in [-0.2, 0) is 4.79 Å². The van der Waals surface area contributed by atoms with Gasteiger partial charge in [-0.15, -0.1) is 0 Å². The number of hydrogen-bond donors (Lipinski definition) is 2. The molecule has 0 atom stereocenters. The maximum absolute atomic E-state index is 12.3. The number of anilines is 1. The van der Waals surface area contributed by atoms with Crippen LogP contribution < -0.4 is 5.32 Å². The molecule has 0 unspecified atom stereocenters. The number of likely N-dealkylation sites (N-methyl/N-ethyl adjacent to an activating group) is 1. The second-order valence-corrected chi connectivity index (χ2v) is 5.51. The predicted molar refractivity (Wildman–Crippen MR) is 87.3 cm³/mol. The van der Waals surface area contributed by atoms with Gasteiger partial charge in [-0.2, -0.15) is 5.26 Å². The lowest BCUT2D eigenvalue weighted by Gasteiger charge is -2.17. The molecule has 0 fully saturated rings. The SMILES string of the molecule is Cc1cccc(C(C)C)c1NC(=O)/C(C#N)=C\N(C)CCO. The lowest BCUT2D eigenvalue weighted by molar-refractivity contribution is -0.112. The quantitative estimate of drug-likeness (QED) is 0.625. The molecule has 0 aliphatic rings. The van der Waals surface area contributed by atoms with Crippen LogP contribution >= 0.6 is 0 Å². The average molecular weight is 301 g/mol. The Morgan fingerprint density at radius 3 is 2.73 bits per heavy atom. The molecule has 0 aromatic heterocycles. The summed E-state index contributed by atoms with van der Waals surface area (Å²) in [5.41, 5.74) is 2.76. The molecule has 22 heavy (non-hydrogen) atoms. The minimum Gasteiger partial charge on any atom is -0.395 e. The Balaban J connectivity index is 3.04. The van der Waals surface area contributed by atoms with Gasteiger partial charge in [0.25, 0.3) is 5.91 Å². The van der Waals surface area contributed by atoms with Crippen molar-refractivity contribution in [3.05, 3.63) is 41.1 Å². The number of aryl methyl sites for hydroxylation is 1. The van der Waals surface area contributed by atoms with Gasteiger partial charge in [-0.25, -0.2) is 0 Å². The van der Waals surface area contributed by atoms with Crippen LogP contribution in [0.3, 0.4) is 0 Å². The summed E-state index contributed by atoms with van der Waals surface area (Å²) in [6.45, 7) is 6.36. The van der Waals surface area contributed by atoms with Gasteiger partial charge in [-0.3, -0.25) is 4.79 Å². The number of carbonyl (C=O) groups is 1. The number of carbonyl (C=O) groups excluding carboxylic acids is 1. The summed E-state index contributed by atoms with van der Waals surface area (Å²) < 4.78 is 0. The molecule has 0 aliphatic heterocycles. The first kappa shape index (κ1) is 17.7. The minimum absolute atomic E-state index is 0.00825. The Labute approximate surface area is 131 Å². The van der Waals surface area contributed by atoms with Gasteiger partial charge >= 0.3 is 0 Å². The van der Waals surface area contributed by atoms with E-state index in [1.807, 2.05) is 31.2 Å². The Kier molecular flexibility index (Phi) is 6.61. The number of para-hydroxylation sites is 1. The highest BCUT2D eigenvalue weighted by molar-refractivity contribution is 6.07. The van der Waals surface area contributed by atoms with Crippen molar-refractivity contribution >= 4 is 11.6 Å². The minimum atomic E-state index is -0.441. The predicted octanol–water partition coefficient (Wildman–Crippen LogP) is 2.39. The molecule has 1 aromatic carbocycles. The van der Waals surface area contributed by atoms with E-state index in [1.165, 1.54) is 6.20 Å². The molecule has 0 saturated heterocycles. The van der Waals surface area contributed by atoms with E-state index in [2.05, 4.69) is 19.2 Å². The monoisotopic (exact) mass is 301 g/mol. The second kappa shape index (κ2) is 8.20. The Morgan fingerprint density at radius 2 is 2.18 bits per heavy atom.